The molecule has 148 valence electrons. The minimum Gasteiger partial charge on any atom is -0.449 e. The van der Waals surface area contributed by atoms with E-state index in [-0.39, 0.29) is 25.8 Å². The summed E-state index contributed by atoms with van der Waals surface area (Å²) in [5.41, 5.74) is -0.799. The van der Waals surface area contributed by atoms with Crippen molar-refractivity contribution in [2.75, 3.05) is 13.2 Å². The molecule has 0 saturated carbocycles. The Kier molecular flexibility index (Phi) is 9.46. The number of nitrogens with one attached hydrogen (secondary N) is 2. The number of alkyl carbamates (subject to hydrolysis) is 1. The van der Waals surface area contributed by atoms with Crippen LogP contribution in [0.5, 0.6) is 0 Å². The van der Waals surface area contributed by atoms with Gasteiger partial charge in [-0.1, -0.05) is 0 Å². The van der Waals surface area contributed by atoms with Gasteiger partial charge in [0.2, 0.25) is 0 Å². The Morgan fingerprint density at radius 1 is 1.15 bits per heavy atom. The van der Waals surface area contributed by atoms with Crippen LogP contribution in [-0.2, 0) is 19.1 Å². The van der Waals surface area contributed by atoms with Crippen LogP contribution in [0.3, 0.4) is 0 Å². The van der Waals surface area contributed by atoms with E-state index in [1.165, 1.54) is 0 Å². The number of carbonyl (C=O) groups is 3. The summed E-state index contributed by atoms with van der Waals surface area (Å²) in [5, 5.41) is 12.4. The van der Waals surface area contributed by atoms with Crippen LogP contribution in [0.2, 0.25) is 0 Å². The maximum Gasteiger partial charge on any atom is 0.471 e. The summed E-state index contributed by atoms with van der Waals surface area (Å²) >= 11 is 0. The molecule has 0 spiro atoms. The molecule has 0 aliphatic heterocycles. The van der Waals surface area contributed by atoms with Gasteiger partial charge in [0, 0.05) is 6.54 Å². The van der Waals surface area contributed by atoms with Crippen molar-refractivity contribution in [1.82, 2.24) is 10.6 Å². The lowest BCUT2D eigenvalue weighted by atomic mass is 10.1. The average molecular weight is 381 g/mol. The molecule has 0 heterocycles. The van der Waals surface area contributed by atoms with E-state index in [9.17, 15) is 27.6 Å². The first-order valence-corrected chi connectivity index (χ1v) is 7.75. The number of hydrogen-bond acceptors (Lipinski definition) is 6. The molecule has 0 saturated heterocycles. The number of amides is 2. The number of hydrogen-bond donors (Lipinski definition) is 2. The number of nitriles is 1. The van der Waals surface area contributed by atoms with Crippen molar-refractivity contribution in [3.8, 4) is 6.07 Å². The van der Waals surface area contributed by atoms with Gasteiger partial charge in [0.15, 0.2) is 6.61 Å². The van der Waals surface area contributed by atoms with Gasteiger partial charge in [-0.2, -0.15) is 18.4 Å². The third kappa shape index (κ3) is 11.1. The zero-order valence-corrected chi connectivity index (χ0v) is 14.7. The molecule has 0 radical (unpaired) electrons. The lowest BCUT2D eigenvalue weighted by molar-refractivity contribution is -0.173. The van der Waals surface area contributed by atoms with Crippen molar-refractivity contribution < 1.29 is 37.0 Å². The van der Waals surface area contributed by atoms with Crippen molar-refractivity contribution in [2.24, 2.45) is 0 Å². The molecule has 0 bridgehead atoms. The SMILES string of the molecule is CC(C)(C)OC(=O)N[C@@H](CCCCNC(=O)C(F)(F)F)C(=O)OCC#N. The van der Waals surface area contributed by atoms with Crippen LogP contribution in [0.25, 0.3) is 0 Å². The summed E-state index contributed by atoms with van der Waals surface area (Å²) in [6, 6.07) is 0.479. The Bertz CT molecular complexity index is 538. The molecule has 2 amide bonds. The zero-order chi connectivity index (χ0) is 20.4. The Morgan fingerprint density at radius 3 is 2.27 bits per heavy atom. The van der Waals surface area contributed by atoms with Crippen LogP contribution in [0.1, 0.15) is 40.0 Å². The van der Waals surface area contributed by atoms with E-state index in [0.29, 0.717) is 0 Å². The van der Waals surface area contributed by atoms with Gasteiger partial charge in [0.25, 0.3) is 0 Å². The smallest absolute Gasteiger partial charge is 0.449 e. The summed E-state index contributed by atoms with van der Waals surface area (Å²) in [6.45, 7) is 4.12. The van der Waals surface area contributed by atoms with Crippen LogP contribution >= 0.6 is 0 Å². The van der Waals surface area contributed by atoms with Crippen molar-refractivity contribution in [3.63, 3.8) is 0 Å². The highest BCUT2D eigenvalue weighted by Crippen LogP contribution is 2.14. The number of esters is 1. The minimum atomic E-state index is -4.96. The number of ether oxygens (including phenoxy) is 2. The van der Waals surface area contributed by atoms with Gasteiger partial charge in [0.05, 0.1) is 0 Å². The molecule has 11 heteroatoms. The summed E-state index contributed by atoms with van der Waals surface area (Å²) in [7, 11) is 0. The summed E-state index contributed by atoms with van der Waals surface area (Å²) in [4.78, 5) is 34.2. The van der Waals surface area contributed by atoms with Gasteiger partial charge in [0.1, 0.15) is 17.7 Å². The number of unbranched alkanes of at least 4 members (excludes halogenated alkanes) is 1. The van der Waals surface area contributed by atoms with E-state index in [2.05, 4.69) is 10.1 Å². The molecular weight excluding hydrogens is 359 g/mol. The maximum atomic E-state index is 12.0. The highest BCUT2D eigenvalue weighted by molar-refractivity contribution is 5.82. The van der Waals surface area contributed by atoms with Crippen molar-refractivity contribution in [3.05, 3.63) is 0 Å². The van der Waals surface area contributed by atoms with Gasteiger partial charge in [-0.3, -0.25) is 4.79 Å². The van der Waals surface area contributed by atoms with E-state index >= 15 is 0 Å². The van der Waals surface area contributed by atoms with Gasteiger partial charge in [-0.15, -0.1) is 0 Å². The number of nitrogens with zero attached hydrogens (tertiary/aromatic N) is 1. The van der Waals surface area contributed by atoms with E-state index in [4.69, 9.17) is 10.00 Å². The van der Waals surface area contributed by atoms with E-state index < -0.39 is 42.4 Å². The molecule has 1 atom stereocenters. The van der Waals surface area contributed by atoms with E-state index in [1.807, 2.05) is 0 Å². The van der Waals surface area contributed by atoms with Crippen molar-refractivity contribution >= 4 is 18.0 Å². The standard InChI is InChI=1S/C15H22F3N3O5/c1-14(2,3)26-13(24)21-10(11(22)25-9-7-19)6-4-5-8-20-12(23)15(16,17)18/h10H,4-6,8-9H2,1-3H3,(H,20,23)(H,21,24)/t10-/m0/s1. The summed E-state index contributed by atoms with van der Waals surface area (Å²) in [6.07, 6.45) is -5.45. The molecule has 0 aromatic carbocycles. The Morgan fingerprint density at radius 2 is 1.77 bits per heavy atom. The third-order valence-corrected chi connectivity index (χ3v) is 2.72. The number of rotatable bonds is 8. The molecule has 0 aliphatic rings. The fourth-order valence-corrected chi connectivity index (χ4v) is 1.68. The Hall–Kier alpha value is -2.51. The largest absolute Gasteiger partial charge is 0.471 e. The fourth-order valence-electron chi connectivity index (χ4n) is 1.68. The van der Waals surface area contributed by atoms with Crippen molar-refractivity contribution in [2.45, 2.75) is 57.9 Å². The zero-order valence-electron chi connectivity index (χ0n) is 14.7. The van der Waals surface area contributed by atoms with Gasteiger partial charge < -0.3 is 20.1 Å². The monoisotopic (exact) mass is 381 g/mol. The molecule has 0 aromatic rings. The average Bonchev–Trinajstić information content (AvgIpc) is 2.48. The number of alkyl halides is 3. The first kappa shape index (κ1) is 23.5. The first-order valence-electron chi connectivity index (χ1n) is 7.75. The second-order valence-corrected chi connectivity index (χ2v) is 6.21. The molecule has 8 nitrogen and oxygen atoms in total. The quantitative estimate of drug-likeness (QED) is 0.489. The molecule has 0 rings (SSSR count). The van der Waals surface area contributed by atoms with E-state index in [0.717, 1.165) is 0 Å². The van der Waals surface area contributed by atoms with Crippen LogP contribution in [0, 0.1) is 11.3 Å². The second-order valence-electron chi connectivity index (χ2n) is 6.21. The van der Waals surface area contributed by atoms with E-state index in [1.54, 1.807) is 32.2 Å². The Balaban J connectivity index is 4.49. The normalized spacial score (nSPS) is 12.5. The maximum absolute atomic E-state index is 12.0. The predicted molar refractivity (Wildman–Crippen MR) is 82.6 cm³/mol. The highest BCUT2D eigenvalue weighted by atomic mass is 19.4. The molecule has 0 unspecified atom stereocenters. The topological polar surface area (TPSA) is 118 Å². The van der Waals surface area contributed by atoms with Gasteiger partial charge in [-0.05, 0) is 40.0 Å². The highest BCUT2D eigenvalue weighted by Gasteiger charge is 2.38. The number of halogens is 3. The van der Waals surface area contributed by atoms with Gasteiger partial charge in [-0.25, -0.2) is 9.59 Å². The molecule has 0 aliphatic carbocycles. The lowest BCUT2D eigenvalue weighted by Gasteiger charge is -2.22. The first-order chi connectivity index (χ1) is 11.9. The third-order valence-electron chi connectivity index (χ3n) is 2.72. The molecular formula is C15H22F3N3O5. The predicted octanol–water partition coefficient (Wildman–Crippen LogP) is 1.80. The molecule has 0 fully saturated rings. The Labute approximate surface area is 149 Å². The molecule has 26 heavy (non-hydrogen) atoms. The summed E-state index contributed by atoms with van der Waals surface area (Å²) < 4.78 is 45.7. The van der Waals surface area contributed by atoms with Crippen LogP contribution in [-0.4, -0.2) is 48.9 Å². The molecule has 0 aromatic heterocycles. The lowest BCUT2D eigenvalue weighted by Crippen LogP contribution is -2.44. The van der Waals surface area contributed by atoms with Crippen LogP contribution in [0.4, 0.5) is 18.0 Å². The van der Waals surface area contributed by atoms with Crippen molar-refractivity contribution in [1.29, 1.82) is 5.26 Å². The summed E-state index contributed by atoms with van der Waals surface area (Å²) in [5.74, 6) is -2.91. The number of carbonyl (C=O) groups excluding carboxylic acids is 3. The second kappa shape index (κ2) is 10.5. The fraction of sp³-hybridized carbons (Fsp3) is 0.733. The van der Waals surface area contributed by atoms with Gasteiger partial charge >= 0.3 is 24.1 Å². The van der Waals surface area contributed by atoms with Crippen LogP contribution in [0.15, 0.2) is 0 Å². The minimum absolute atomic E-state index is 0.0331. The van der Waals surface area contributed by atoms with Crippen LogP contribution < -0.4 is 10.6 Å². The molecule has 2 N–H and O–H groups in total.